The van der Waals surface area contributed by atoms with E-state index in [1.54, 1.807) is 12.1 Å². The number of phenolic OH excluding ortho intramolecular Hbond substituents is 1. The van der Waals surface area contributed by atoms with Gasteiger partial charge in [-0.05, 0) is 41.5 Å². The number of rotatable bonds is 5. The van der Waals surface area contributed by atoms with Crippen LogP contribution in [0.25, 0.3) is 11.1 Å². The molecular formula is C21H16F4N2O4S. The largest absolute Gasteiger partial charge is 0.506 e. The minimum absolute atomic E-state index is 0.260. The fraction of sp³-hybridized carbons (Fsp3) is 0.0952. The van der Waals surface area contributed by atoms with Gasteiger partial charge < -0.3 is 10.4 Å². The highest BCUT2D eigenvalue weighted by Crippen LogP contribution is 2.31. The Labute approximate surface area is 180 Å². The molecule has 11 heteroatoms. The molecule has 1 amide bonds. The molecule has 0 saturated carbocycles. The number of phenols is 1. The molecule has 0 aliphatic carbocycles. The van der Waals surface area contributed by atoms with Crippen LogP contribution in [0.3, 0.4) is 0 Å². The zero-order chi connectivity index (χ0) is 23.7. The van der Waals surface area contributed by atoms with Crippen molar-refractivity contribution in [1.82, 2.24) is 0 Å². The van der Waals surface area contributed by atoms with Crippen molar-refractivity contribution in [2.75, 3.05) is 16.3 Å². The summed E-state index contributed by atoms with van der Waals surface area (Å²) in [4.78, 5) is 12.4. The Morgan fingerprint density at radius 2 is 1.47 bits per heavy atom. The molecule has 0 aromatic heterocycles. The molecule has 0 unspecified atom stereocenters. The Morgan fingerprint density at radius 1 is 0.938 bits per heavy atom. The van der Waals surface area contributed by atoms with Gasteiger partial charge in [0, 0.05) is 11.8 Å². The summed E-state index contributed by atoms with van der Waals surface area (Å²) in [5, 5.41) is 12.1. The van der Waals surface area contributed by atoms with Gasteiger partial charge in [0.25, 0.3) is 5.91 Å². The van der Waals surface area contributed by atoms with Crippen LogP contribution in [0, 0.1) is 5.82 Å². The molecule has 0 aliphatic heterocycles. The van der Waals surface area contributed by atoms with Gasteiger partial charge in [0.15, 0.2) is 0 Å². The molecule has 0 bridgehead atoms. The summed E-state index contributed by atoms with van der Waals surface area (Å²) in [6.07, 6.45) is -3.61. The van der Waals surface area contributed by atoms with E-state index in [1.807, 2.05) is 4.72 Å². The van der Waals surface area contributed by atoms with Crippen molar-refractivity contribution >= 4 is 27.3 Å². The second kappa shape index (κ2) is 8.50. The van der Waals surface area contributed by atoms with E-state index < -0.39 is 44.8 Å². The molecule has 3 aromatic carbocycles. The number of carbonyl (C=O) groups is 1. The summed E-state index contributed by atoms with van der Waals surface area (Å²) in [5.41, 5.74) is -0.275. The lowest BCUT2D eigenvalue weighted by Crippen LogP contribution is -2.15. The fourth-order valence-electron chi connectivity index (χ4n) is 2.81. The Balaban J connectivity index is 1.78. The quantitative estimate of drug-likeness (QED) is 0.369. The molecule has 0 saturated heterocycles. The summed E-state index contributed by atoms with van der Waals surface area (Å²) >= 11 is 0. The molecule has 3 rings (SSSR count). The summed E-state index contributed by atoms with van der Waals surface area (Å²) in [5.74, 6) is -2.66. The molecule has 0 spiro atoms. The first-order chi connectivity index (χ1) is 14.8. The van der Waals surface area contributed by atoms with Crippen molar-refractivity contribution in [2.24, 2.45) is 0 Å². The van der Waals surface area contributed by atoms with Crippen LogP contribution < -0.4 is 10.0 Å². The van der Waals surface area contributed by atoms with Crippen LogP contribution in [0.5, 0.6) is 5.75 Å². The molecule has 3 N–H and O–H groups in total. The van der Waals surface area contributed by atoms with Gasteiger partial charge in [-0.3, -0.25) is 9.52 Å². The molecule has 0 aliphatic rings. The first-order valence-corrected chi connectivity index (χ1v) is 10.8. The van der Waals surface area contributed by atoms with E-state index in [-0.39, 0.29) is 11.4 Å². The molecule has 0 radical (unpaired) electrons. The highest BCUT2D eigenvalue weighted by molar-refractivity contribution is 7.92. The molecule has 168 valence electrons. The number of sulfonamides is 1. The number of aromatic hydroxyl groups is 1. The maximum absolute atomic E-state index is 14.1. The minimum atomic E-state index is -4.44. The maximum atomic E-state index is 14.1. The van der Waals surface area contributed by atoms with E-state index in [4.69, 9.17) is 0 Å². The lowest BCUT2D eigenvalue weighted by molar-refractivity contribution is -0.137. The summed E-state index contributed by atoms with van der Waals surface area (Å²) in [7, 11) is -3.78. The fourth-order valence-corrected chi connectivity index (χ4v) is 3.38. The summed E-state index contributed by atoms with van der Waals surface area (Å²) in [6, 6.07) is 12.1. The third-order valence-corrected chi connectivity index (χ3v) is 4.90. The van der Waals surface area contributed by atoms with Crippen molar-refractivity contribution in [3.05, 3.63) is 77.6 Å². The number of anilines is 2. The topological polar surface area (TPSA) is 95.5 Å². The number of nitrogens with one attached hydrogen (secondary N) is 2. The lowest BCUT2D eigenvalue weighted by atomic mass is 10.0. The van der Waals surface area contributed by atoms with Crippen LogP contribution in [0.4, 0.5) is 28.9 Å². The standard InChI is InChI=1S/C21H16F4N2O4S/c1-32(30,31)27-18-10-16(17(22)11-19(18)28)20(29)26-15-8-4-13(5-9-15)12-2-6-14(7-3-12)21(23,24)25/h2-11,27-28H,1H3,(H,26,29). The number of alkyl halides is 3. The molecule has 32 heavy (non-hydrogen) atoms. The zero-order valence-corrected chi connectivity index (χ0v) is 17.2. The number of hydrogen-bond donors (Lipinski definition) is 3. The number of benzene rings is 3. The Hall–Kier alpha value is -3.60. The SMILES string of the molecule is CS(=O)(=O)Nc1cc(C(=O)Nc2ccc(-c3ccc(C(F)(F)F)cc3)cc2)c(F)cc1O. The zero-order valence-electron chi connectivity index (χ0n) is 16.4. The van der Waals surface area contributed by atoms with E-state index in [0.717, 1.165) is 24.5 Å². The first kappa shape index (κ1) is 23.1. The van der Waals surface area contributed by atoms with Crippen molar-refractivity contribution < 1.29 is 35.9 Å². The normalized spacial score (nSPS) is 11.8. The van der Waals surface area contributed by atoms with Gasteiger partial charge in [-0.25, -0.2) is 12.8 Å². The van der Waals surface area contributed by atoms with Gasteiger partial charge in [-0.2, -0.15) is 13.2 Å². The van der Waals surface area contributed by atoms with E-state index in [2.05, 4.69) is 5.32 Å². The molecule has 6 nitrogen and oxygen atoms in total. The molecule has 0 fully saturated rings. The predicted octanol–water partition coefficient (Wildman–Crippen LogP) is 4.84. The predicted molar refractivity (Wildman–Crippen MR) is 111 cm³/mol. The van der Waals surface area contributed by atoms with Crippen LogP contribution >= 0.6 is 0 Å². The van der Waals surface area contributed by atoms with Gasteiger partial charge in [0.2, 0.25) is 10.0 Å². The van der Waals surface area contributed by atoms with E-state index in [1.165, 1.54) is 24.3 Å². The van der Waals surface area contributed by atoms with Gasteiger partial charge in [-0.15, -0.1) is 0 Å². The Morgan fingerprint density at radius 3 is 1.97 bits per heavy atom. The van der Waals surface area contributed by atoms with Gasteiger partial charge in [0.1, 0.15) is 11.6 Å². The molecule has 0 atom stereocenters. The summed E-state index contributed by atoms with van der Waals surface area (Å²) < 4.78 is 76.9. The number of halogens is 4. The van der Waals surface area contributed by atoms with Gasteiger partial charge in [0.05, 0.1) is 23.1 Å². The average molecular weight is 468 g/mol. The molecular weight excluding hydrogens is 452 g/mol. The van der Waals surface area contributed by atoms with Crippen LogP contribution in [0.2, 0.25) is 0 Å². The maximum Gasteiger partial charge on any atom is 0.416 e. The van der Waals surface area contributed by atoms with Crippen molar-refractivity contribution in [2.45, 2.75) is 6.18 Å². The van der Waals surface area contributed by atoms with Crippen molar-refractivity contribution in [1.29, 1.82) is 0 Å². The highest BCUT2D eigenvalue weighted by Gasteiger charge is 2.30. The van der Waals surface area contributed by atoms with E-state index >= 15 is 0 Å². The number of carbonyl (C=O) groups excluding carboxylic acids is 1. The third kappa shape index (κ3) is 5.55. The average Bonchev–Trinajstić information content (AvgIpc) is 2.69. The summed E-state index contributed by atoms with van der Waals surface area (Å²) in [6.45, 7) is 0. The third-order valence-electron chi connectivity index (χ3n) is 4.31. The van der Waals surface area contributed by atoms with E-state index in [9.17, 15) is 35.9 Å². The van der Waals surface area contributed by atoms with Gasteiger partial charge in [-0.1, -0.05) is 24.3 Å². The van der Waals surface area contributed by atoms with Crippen LogP contribution in [0.15, 0.2) is 60.7 Å². The van der Waals surface area contributed by atoms with Crippen LogP contribution in [0.1, 0.15) is 15.9 Å². The van der Waals surface area contributed by atoms with Crippen molar-refractivity contribution in [3.8, 4) is 16.9 Å². The lowest BCUT2D eigenvalue weighted by Gasteiger charge is -2.11. The minimum Gasteiger partial charge on any atom is -0.506 e. The van der Waals surface area contributed by atoms with E-state index in [0.29, 0.717) is 17.2 Å². The Bertz CT molecular complexity index is 1260. The second-order valence-corrected chi connectivity index (χ2v) is 8.58. The van der Waals surface area contributed by atoms with Crippen LogP contribution in [-0.2, 0) is 16.2 Å². The highest BCUT2D eigenvalue weighted by atomic mass is 32.2. The number of hydrogen-bond acceptors (Lipinski definition) is 4. The monoisotopic (exact) mass is 468 g/mol. The van der Waals surface area contributed by atoms with Gasteiger partial charge >= 0.3 is 6.18 Å². The van der Waals surface area contributed by atoms with Crippen molar-refractivity contribution in [3.63, 3.8) is 0 Å². The van der Waals surface area contributed by atoms with Crippen LogP contribution in [-0.4, -0.2) is 25.7 Å². The first-order valence-electron chi connectivity index (χ1n) is 8.93. The Kier molecular flexibility index (Phi) is 6.13. The number of amides is 1. The molecule has 3 aromatic rings. The molecule has 0 heterocycles. The smallest absolute Gasteiger partial charge is 0.416 e. The second-order valence-electron chi connectivity index (χ2n) is 6.83.